The van der Waals surface area contributed by atoms with Crippen LogP contribution >= 0.6 is 11.3 Å². The van der Waals surface area contributed by atoms with Crippen molar-refractivity contribution in [1.29, 1.82) is 0 Å². The quantitative estimate of drug-likeness (QED) is 0.366. The number of carbonyl (C=O) groups is 1. The van der Waals surface area contributed by atoms with Gasteiger partial charge in [-0.15, -0.1) is 11.3 Å². The van der Waals surface area contributed by atoms with E-state index in [2.05, 4.69) is 48.8 Å². The maximum Gasteiger partial charge on any atom is 0.317 e. The maximum atomic E-state index is 12.7. The highest BCUT2D eigenvalue weighted by molar-refractivity contribution is 7.16. The highest BCUT2D eigenvalue weighted by Gasteiger charge is 2.22. The highest BCUT2D eigenvalue weighted by Crippen LogP contribution is 2.30. The Labute approximate surface area is 201 Å². The molecule has 0 unspecified atom stereocenters. The SMILES string of the molecule is O=C(NC1CCCCC1)N1CC=C(c2cc3c(Nc4ccc5ncsc5c4)ncnc3[nH]2)CC1. The number of thiazole rings is 1. The average molecular weight is 474 g/mol. The van der Waals surface area contributed by atoms with Crippen molar-refractivity contribution in [2.45, 2.75) is 44.6 Å². The van der Waals surface area contributed by atoms with Crippen molar-refractivity contribution >= 4 is 55.7 Å². The number of urea groups is 1. The van der Waals surface area contributed by atoms with Gasteiger partial charge >= 0.3 is 6.03 Å². The summed E-state index contributed by atoms with van der Waals surface area (Å²) in [5, 5.41) is 7.60. The fourth-order valence-corrected chi connectivity index (χ4v) is 5.61. The van der Waals surface area contributed by atoms with E-state index >= 15 is 0 Å². The Morgan fingerprint density at radius 3 is 2.88 bits per heavy atom. The van der Waals surface area contributed by atoms with E-state index in [4.69, 9.17) is 0 Å². The second-order valence-electron chi connectivity index (χ2n) is 9.04. The normalized spacial score (nSPS) is 17.2. The third-order valence-corrected chi connectivity index (χ3v) is 7.59. The summed E-state index contributed by atoms with van der Waals surface area (Å²) >= 11 is 1.62. The van der Waals surface area contributed by atoms with Crippen LogP contribution in [0.15, 0.2) is 42.2 Å². The van der Waals surface area contributed by atoms with Crippen LogP contribution < -0.4 is 10.6 Å². The standard InChI is InChI=1S/C25H27N7OS/c33-25(30-17-4-2-1-3-5-17)32-10-8-16(9-11-32)21-13-19-23(26-14-27-24(19)31-21)29-18-6-7-20-22(12-18)34-15-28-20/h6-8,12-15,17H,1-5,9-11H2,(H,30,33)(H2,26,27,29,31). The summed E-state index contributed by atoms with van der Waals surface area (Å²) in [4.78, 5) is 31.3. The molecule has 2 amide bonds. The minimum atomic E-state index is 0.0640. The average Bonchev–Trinajstić information content (AvgIpc) is 3.52. The van der Waals surface area contributed by atoms with Crippen LogP contribution in [0, 0.1) is 0 Å². The van der Waals surface area contributed by atoms with Crippen LogP contribution in [0.3, 0.4) is 0 Å². The van der Waals surface area contributed by atoms with E-state index in [1.807, 2.05) is 22.5 Å². The lowest BCUT2D eigenvalue weighted by Gasteiger charge is -2.30. The number of carbonyl (C=O) groups excluding carboxylic acids is 1. The van der Waals surface area contributed by atoms with Crippen molar-refractivity contribution in [2.24, 2.45) is 0 Å². The first-order valence-corrected chi connectivity index (χ1v) is 12.8. The van der Waals surface area contributed by atoms with Crippen molar-refractivity contribution in [3.63, 3.8) is 0 Å². The zero-order valence-electron chi connectivity index (χ0n) is 18.9. The molecule has 0 atom stereocenters. The number of nitrogens with zero attached hydrogens (tertiary/aromatic N) is 4. The van der Waals surface area contributed by atoms with Crippen LogP contribution in [0.4, 0.5) is 16.3 Å². The molecule has 1 aliphatic heterocycles. The van der Waals surface area contributed by atoms with Gasteiger partial charge in [0.2, 0.25) is 0 Å². The number of H-pyrrole nitrogens is 1. The summed E-state index contributed by atoms with van der Waals surface area (Å²) in [6.45, 7) is 1.33. The fourth-order valence-electron chi connectivity index (χ4n) is 4.89. The summed E-state index contributed by atoms with van der Waals surface area (Å²) in [5.41, 5.74) is 6.85. The molecule has 1 saturated carbocycles. The second kappa shape index (κ2) is 9.06. The summed E-state index contributed by atoms with van der Waals surface area (Å²) in [5.74, 6) is 0.765. The van der Waals surface area contributed by atoms with Crippen LogP contribution in [0.1, 0.15) is 44.2 Å². The van der Waals surface area contributed by atoms with Gasteiger partial charge in [0.05, 0.1) is 21.1 Å². The van der Waals surface area contributed by atoms with Gasteiger partial charge in [-0.1, -0.05) is 25.3 Å². The molecule has 174 valence electrons. The van der Waals surface area contributed by atoms with E-state index < -0.39 is 0 Å². The van der Waals surface area contributed by atoms with E-state index in [9.17, 15) is 4.79 Å². The van der Waals surface area contributed by atoms with Gasteiger partial charge in [0.25, 0.3) is 0 Å². The number of anilines is 2. The second-order valence-corrected chi connectivity index (χ2v) is 9.92. The number of aromatic amines is 1. The molecule has 9 heteroatoms. The van der Waals surface area contributed by atoms with Crippen molar-refractivity contribution in [3.05, 3.63) is 47.9 Å². The minimum Gasteiger partial charge on any atom is -0.340 e. The van der Waals surface area contributed by atoms with Crippen LogP contribution in [0.2, 0.25) is 0 Å². The summed E-state index contributed by atoms with van der Waals surface area (Å²) in [7, 11) is 0. The largest absolute Gasteiger partial charge is 0.340 e. The molecule has 34 heavy (non-hydrogen) atoms. The number of nitrogens with one attached hydrogen (secondary N) is 3. The molecular weight excluding hydrogens is 446 g/mol. The zero-order chi connectivity index (χ0) is 22.9. The molecular formula is C25H27N7OS. The van der Waals surface area contributed by atoms with Gasteiger partial charge in [-0.05, 0) is 49.1 Å². The Morgan fingerprint density at radius 2 is 2.03 bits per heavy atom. The molecule has 1 aliphatic carbocycles. The molecule has 2 aliphatic rings. The van der Waals surface area contributed by atoms with E-state index in [1.165, 1.54) is 24.8 Å². The van der Waals surface area contributed by atoms with E-state index in [1.54, 1.807) is 17.7 Å². The first-order valence-electron chi connectivity index (χ1n) is 11.9. The first-order chi connectivity index (χ1) is 16.7. The number of hydrogen-bond acceptors (Lipinski definition) is 6. The molecule has 0 bridgehead atoms. The summed E-state index contributed by atoms with van der Waals surface area (Å²) in [6.07, 6.45) is 10.5. The van der Waals surface area contributed by atoms with Gasteiger partial charge in [-0.25, -0.2) is 19.7 Å². The smallest absolute Gasteiger partial charge is 0.317 e. The highest BCUT2D eigenvalue weighted by atomic mass is 32.1. The Kier molecular flexibility index (Phi) is 5.62. The number of fused-ring (bicyclic) bond motifs is 2. The topological polar surface area (TPSA) is 98.8 Å². The van der Waals surface area contributed by atoms with E-state index in [-0.39, 0.29) is 6.03 Å². The van der Waals surface area contributed by atoms with E-state index in [0.29, 0.717) is 19.1 Å². The third-order valence-electron chi connectivity index (χ3n) is 6.79. The molecule has 3 aromatic heterocycles. The Balaban J connectivity index is 1.17. The molecule has 1 fully saturated rings. The minimum absolute atomic E-state index is 0.0640. The van der Waals surface area contributed by atoms with Gasteiger partial charge in [0, 0.05) is 30.5 Å². The van der Waals surface area contributed by atoms with Crippen molar-refractivity contribution in [1.82, 2.24) is 30.2 Å². The maximum absolute atomic E-state index is 12.7. The van der Waals surface area contributed by atoms with Crippen molar-refractivity contribution in [3.8, 4) is 0 Å². The lowest BCUT2D eigenvalue weighted by atomic mass is 9.96. The first kappa shape index (κ1) is 21.1. The van der Waals surface area contributed by atoms with Crippen molar-refractivity contribution in [2.75, 3.05) is 18.4 Å². The molecule has 0 saturated heterocycles. The fraction of sp³-hybridized carbons (Fsp3) is 0.360. The van der Waals surface area contributed by atoms with Gasteiger partial charge in [-0.3, -0.25) is 0 Å². The molecule has 1 aromatic carbocycles. The molecule has 0 spiro atoms. The molecule has 3 N–H and O–H groups in total. The van der Waals surface area contributed by atoms with Crippen LogP contribution in [0.5, 0.6) is 0 Å². The van der Waals surface area contributed by atoms with Crippen LogP contribution in [0.25, 0.3) is 26.8 Å². The van der Waals surface area contributed by atoms with Gasteiger partial charge in [0.15, 0.2) is 0 Å². The van der Waals surface area contributed by atoms with Crippen LogP contribution in [-0.4, -0.2) is 50.0 Å². The van der Waals surface area contributed by atoms with E-state index in [0.717, 1.165) is 57.7 Å². The Morgan fingerprint density at radius 1 is 1.12 bits per heavy atom. The number of amides is 2. The number of hydrogen-bond donors (Lipinski definition) is 3. The Bertz CT molecular complexity index is 1370. The molecule has 4 heterocycles. The monoisotopic (exact) mass is 473 g/mol. The predicted octanol–water partition coefficient (Wildman–Crippen LogP) is 5.44. The van der Waals surface area contributed by atoms with Gasteiger partial charge in [0.1, 0.15) is 17.8 Å². The van der Waals surface area contributed by atoms with Crippen LogP contribution in [-0.2, 0) is 0 Å². The lowest BCUT2D eigenvalue weighted by Crippen LogP contribution is -2.46. The van der Waals surface area contributed by atoms with Gasteiger partial charge < -0.3 is 20.5 Å². The predicted molar refractivity (Wildman–Crippen MR) is 136 cm³/mol. The number of benzene rings is 1. The van der Waals surface area contributed by atoms with Gasteiger partial charge in [-0.2, -0.15) is 0 Å². The number of aromatic nitrogens is 4. The molecule has 8 nitrogen and oxygen atoms in total. The summed E-state index contributed by atoms with van der Waals surface area (Å²) in [6, 6.07) is 8.62. The van der Waals surface area contributed by atoms with Crippen molar-refractivity contribution < 1.29 is 4.79 Å². The summed E-state index contributed by atoms with van der Waals surface area (Å²) < 4.78 is 1.13. The molecule has 6 rings (SSSR count). The lowest BCUT2D eigenvalue weighted by molar-refractivity contribution is 0.195. The zero-order valence-corrected chi connectivity index (χ0v) is 19.7. The number of rotatable bonds is 4. The Hall–Kier alpha value is -3.46. The molecule has 0 radical (unpaired) electrons. The molecule has 4 aromatic rings. The third kappa shape index (κ3) is 4.23.